The van der Waals surface area contributed by atoms with E-state index in [9.17, 15) is 17.6 Å². The van der Waals surface area contributed by atoms with Crippen LogP contribution in [0.3, 0.4) is 0 Å². The average Bonchev–Trinajstić information content (AvgIpc) is 3.55. The first kappa shape index (κ1) is 27.1. The van der Waals surface area contributed by atoms with Crippen molar-refractivity contribution >= 4 is 15.9 Å². The molecule has 1 saturated heterocycles. The molecule has 3 heterocycles. The number of carbonyl (C=O) groups is 1. The summed E-state index contributed by atoms with van der Waals surface area (Å²) in [5.74, 6) is 0.196. The Labute approximate surface area is 237 Å². The molecule has 212 valence electrons. The predicted octanol–water partition coefficient (Wildman–Crippen LogP) is 2.23. The van der Waals surface area contributed by atoms with E-state index in [1.165, 1.54) is 22.7 Å². The van der Waals surface area contributed by atoms with E-state index in [1.807, 2.05) is 36.4 Å². The zero-order chi connectivity index (χ0) is 28.6. The number of sulfonamides is 1. The molecule has 2 fully saturated rings. The highest BCUT2D eigenvalue weighted by Gasteiger charge is 2.38. The number of halogens is 1. The molecule has 1 saturated carbocycles. The van der Waals surface area contributed by atoms with E-state index in [0.29, 0.717) is 24.0 Å². The molecule has 41 heavy (non-hydrogen) atoms. The highest BCUT2D eigenvalue weighted by atomic mass is 32.2. The van der Waals surface area contributed by atoms with Crippen LogP contribution in [0.5, 0.6) is 0 Å². The first-order chi connectivity index (χ1) is 19.7. The van der Waals surface area contributed by atoms with Crippen molar-refractivity contribution in [3.8, 4) is 17.1 Å². The average molecular weight is 577 g/mol. The van der Waals surface area contributed by atoms with Crippen LogP contribution in [0.15, 0.2) is 67.0 Å². The number of nitrogens with one attached hydrogen (secondary N) is 1. The Morgan fingerprint density at radius 2 is 1.76 bits per heavy atom. The van der Waals surface area contributed by atoms with Crippen molar-refractivity contribution in [1.29, 1.82) is 0 Å². The fourth-order valence-corrected chi connectivity index (χ4v) is 5.88. The van der Waals surface area contributed by atoms with Crippen molar-refractivity contribution in [1.82, 2.24) is 39.5 Å². The highest BCUT2D eigenvalue weighted by Crippen LogP contribution is 2.40. The van der Waals surface area contributed by atoms with E-state index in [2.05, 4.69) is 20.6 Å². The van der Waals surface area contributed by atoms with Crippen molar-refractivity contribution in [3.05, 3.63) is 89.8 Å². The molecule has 0 bridgehead atoms. The summed E-state index contributed by atoms with van der Waals surface area (Å²) in [5, 5.41) is 11.4. The Kier molecular flexibility index (Phi) is 7.32. The van der Waals surface area contributed by atoms with Gasteiger partial charge in [-0.25, -0.2) is 27.5 Å². The van der Waals surface area contributed by atoms with Crippen LogP contribution in [-0.2, 0) is 16.6 Å². The second-order valence-electron chi connectivity index (χ2n) is 10.3. The van der Waals surface area contributed by atoms with Crippen LogP contribution in [0, 0.1) is 5.82 Å². The summed E-state index contributed by atoms with van der Waals surface area (Å²) in [4.78, 5) is 24.5. The number of hydrogen-bond donors (Lipinski definition) is 1. The Balaban J connectivity index is 1.22. The minimum atomic E-state index is -3.31. The molecule has 0 spiro atoms. The van der Waals surface area contributed by atoms with E-state index in [1.54, 1.807) is 28.0 Å². The van der Waals surface area contributed by atoms with Gasteiger partial charge < -0.3 is 10.2 Å². The first-order valence-electron chi connectivity index (χ1n) is 13.3. The fraction of sp³-hybridized carbons (Fsp3) is 0.321. The summed E-state index contributed by atoms with van der Waals surface area (Å²) >= 11 is 0. The van der Waals surface area contributed by atoms with Gasteiger partial charge in [-0.2, -0.15) is 4.31 Å². The predicted molar refractivity (Wildman–Crippen MR) is 149 cm³/mol. The van der Waals surface area contributed by atoms with Crippen molar-refractivity contribution in [2.24, 2.45) is 0 Å². The van der Waals surface area contributed by atoms with Crippen LogP contribution in [0.25, 0.3) is 17.1 Å². The molecule has 11 nitrogen and oxygen atoms in total. The zero-order valence-corrected chi connectivity index (χ0v) is 23.2. The lowest BCUT2D eigenvalue weighted by atomic mass is 10.1. The normalized spacial score (nSPS) is 19.3. The molecule has 2 atom stereocenters. The van der Waals surface area contributed by atoms with Crippen LogP contribution < -0.4 is 5.32 Å². The SMILES string of the molecule is CS(=O)(=O)N1CCN(C(=O)c2cc(CN[C@@H]3C[C@H]3c3ccc(F)cc3)nc(-c3ccc(-n4ccnn4)cc3)n2)CC1. The van der Waals surface area contributed by atoms with E-state index in [-0.39, 0.29) is 49.6 Å². The Hall–Kier alpha value is -4.07. The number of nitrogens with zero attached hydrogens (tertiary/aromatic N) is 7. The summed E-state index contributed by atoms with van der Waals surface area (Å²) in [6.45, 7) is 1.48. The van der Waals surface area contributed by atoms with E-state index < -0.39 is 10.0 Å². The molecular formula is C28H29FN8O3S. The van der Waals surface area contributed by atoms with Gasteiger partial charge in [0.2, 0.25) is 10.0 Å². The molecule has 1 amide bonds. The molecule has 1 aliphatic carbocycles. The number of benzene rings is 2. The second kappa shape index (κ2) is 11.1. The van der Waals surface area contributed by atoms with E-state index >= 15 is 0 Å². The van der Waals surface area contributed by atoms with Gasteiger partial charge in [-0.05, 0) is 54.4 Å². The molecule has 13 heteroatoms. The third kappa shape index (κ3) is 6.16. The lowest BCUT2D eigenvalue weighted by Crippen LogP contribution is -2.50. The standard InChI is InChI=1S/C28H29FN8O3S/c1-41(39,40)36-14-12-35(13-15-36)28(38)26-16-22(18-30-25-17-24(25)19-2-6-21(29)7-3-19)32-27(33-26)20-4-8-23(9-5-20)37-11-10-31-34-37/h2-11,16,24-25,30H,12-15,17-18H2,1H3/t24-,25+/m0/s1. The quantitative estimate of drug-likeness (QED) is 0.339. The molecule has 1 N–H and O–H groups in total. The summed E-state index contributed by atoms with van der Waals surface area (Å²) in [5.41, 5.74) is 3.57. The van der Waals surface area contributed by atoms with Crippen molar-refractivity contribution in [3.63, 3.8) is 0 Å². The smallest absolute Gasteiger partial charge is 0.272 e. The molecule has 0 radical (unpaired) electrons. The highest BCUT2D eigenvalue weighted by molar-refractivity contribution is 7.88. The number of hydrogen-bond acceptors (Lipinski definition) is 8. The molecule has 2 aromatic carbocycles. The van der Waals surface area contributed by atoms with Gasteiger partial charge in [-0.3, -0.25) is 4.79 Å². The van der Waals surface area contributed by atoms with E-state index in [4.69, 9.17) is 4.98 Å². The van der Waals surface area contributed by atoms with Gasteiger partial charge in [-0.15, -0.1) is 5.10 Å². The summed E-state index contributed by atoms with van der Waals surface area (Å²) < 4.78 is 40.2. The van der Waals surface area contributed by atoms with Crippen LogP contribution in [0.1, 0.15) is 34.1 Å². The van der Waals surface area contributed by atoms with Gasteiger partial charge in [0, 0.05) is 50.2 Å². The van der Waals surface area contributed by atoms with Crippen LogP contribution in [0.2, 0.25) is 0 Å². The molecule has 6 rings (SSSR count). The van der Waals surface area contributed by atoms with Crippen LogP contribution in [-0.4, -0.2) is 87.0 Å². The monoisotopic (exact) mass is 576 g/mol. The maximum absolute atomic E-state index is 13.5. The molecule has 0 unspecified atom stereocenters. The number of amides is 1. The van der Waals surface area contributed by atoms with Gasteiger partial charge in [0.1, 0.15) is 11.5 Å². The minimum Gasteiger partial charge on any atom is -0.335 e. The van der Waals surface area contributed by atoms with Gasteiger partial charge in [0.15, 0.2) is 5.82 Å². The van der Waals surface area contributed by atoms with Crippen LogP contribution in [0.4, 0.5) is 4.39 Å². The number of carbonyl (C=O) groups excluding carboxylic acids is 1. The maximum Gasteiger partial charge on any atom is 0.272 e. The molecular weight excluding hydrogens is 547 g/mol. The van der Waals surface area contributed by atoms with E-state index in [0.717, 1.165) is 23.2 Å². The second-order valence-corrected chi connectivity index (χ2v) is 12.3. The molecule has 4 aromatic rings. The third-order valence-corrected chi connectivity index (χ3v) is 8.74. The fourth-order valence-electron chi connectivity index (χ4n) is 5.06. The topological polar surface area (TPSA) is 126 Å². The lowest BCUT2D eigenvalue weighted by molar-refractivity contribution is 0.0692. The van der Waals surface area contributed by atoms with Gasteiger partial charge in [0.05, 0.1) is 30.0 Å². The van der Waals surface area contributed by atoms with Gasteiger partial charge in [0.25, 0.3) is 5.91 Å². The molecule has 2 aromatic heterocycles. The summed E-state index contributed by atoms with van der Waals surface area (Å²) in [6, 6.07) is 16.0. The summed E-state index contributed by atoms with van der Waals surface area (Å²) in [6.07, 6.45) is 5.45. The Bertz CT molecular complexity index is 1640. The molecule has 1 aliphatic heterocycles. The lowest BCUT2D eigenvalue weighted by Gasteiger charge is -2.33. The summed E-state index contributed by atoms with van der Waals surface area (Å²) in [7, 11) is -3.31. The largest absolute Gasteiger partial charge is 0.335 e. The Morgan fingerprint density at radius 1 is 1.02 bits per heavy atom. The number of piperazine rings is 1. The minimum absolute atomic E-state index is 0.226. The van der Waals surface area contributed by atoms with Gasteiger partial charge in [-0.1, -0.05) is 17.3 Å². The maximum atomic E-state index is 13.5. The van der Waals surface area contributed by atoms with Crippen molar-refractivity contribution < 1.29 is 17.6 Å². The Morgan fingerprint density at radius 3 is 2.41 bits per heavy atom. The number of rotatable bonds is 8. The first-order valence-corrected chi connectivity index (χ1v) is 15.2. The molecule has 2 aliphatic rings. The number of aromatic nitrogens is 5. The van der Waals surface area contributed by atoms with Crippen molar-refractivity contribution in [2.75, 3.05) is 32.4 Å². The zero-order valence-electron chi connectivity index (χ0n) is 22.4. The van der Waals surface area contributed by atoms with Crippen molar-refractivity contribution in [2.45, 2.75) is 24.9 Å². The third-order valence-electron chi connectivity index (χ3n) is 7.44. The van der Waals surface area contributed by atoms with Crippen LogP contribution >= 0.6 is 0 Å². The van der Waals surface area contributed by atoms with Gasteiger partial charge >= 0.3 is 0 Å².